The number of carbonyl (C=O) groups excluding carboxylic acids is 1. The first-order valence-electron chi connectivity index (χ1n) is 5.78. The third kappa shape index (κ3) is 3.42. The van der Waals surface area contributed by atoms with Crippen molar-refractivity contribution in [2.45, 2.75) is 37.0 Å². The van der Waals surface area contributed by atoms with Gasteiger partial charge in [-0.1, -0.05) is 0 Å². The molecule has 1 aliphatic rings. The maximum Gasteiger partial charge on any atom is 0.287 e. The van der Waals surface area contributed by atoms with Crippen molar-refractivity contribution in [2.24, 2.45) is 0 Å². The zero-order chi connectivity index (χ0) is 12.3. The van der Waals surface area contributed by atoms with Gasteiger partial charge in [-0.3, -0.25) is 4.79 Å². The predicted octanol–water partition coefficient (Wildman–Crippen LogP) is 3.34. The standard InChI is InChI=1S/C12H16ClNO2S/c1-17-9-4-2-8(3-5-9)14-12(15)10-6-7-11(13)16-10/h6-9H,2-5H2,1H3,(H,14,15). The number of thioether (sulfide) groups is 1. The molecule has 5 heteroatoms. The zero-order valence-corrected chi connectivity index (χ0v) is 11.3. The summed E-state index contributed by atoms with van der Waals surface area (Å²) in [5, 5.41) is 3.99. The zero-order valence-electron chi connectivity index (χ0n) is 9.74. The van der Waals surface area contributed by atoms with Gasteiger partial charge in [-0.05, 0) is 55.7 Å². The number of carbonyl (C=O) groups is 1. The smallest absolute Gasteiger partial charge is 0.287 e. The van der Waals surface area contributed by atoms with Gasteiger partial charge in [0, 0.05) is 11.3 Å². The molecule has 1 aromatic rings. The maximum absolute atomic E-state index is 11.8. The third-order valence-corrected chi connectivity index (χ3v) is 4.48. The van der Waals surface area contributed by atoms with E-state index >= 15 is 0 Å². The molecule has 0 saturated heterocycles. The molecule has 1 saturated carbocycles. The lowest BCUT2D eigenvalue weighted by molar-refractivity contribution is 0.0900. The fraction of sp³-hybridized carbons (Fsp3) is 0.583. The van der Waals surface area contributed by atoms with E-state index in [4.69, 9.17) is 16.0 Å². The van der Waals surface area contributed by atoms with E-state index < -0.39 is 0 Å². The Bertz CT molecular complexity index is 386. The summed E-state index contributed by atoms with van der Waals surface area (Å²) in [6, 6.07) is 3.46. The quantitative estimate of drug-likeness (QED) is 0.918. The molecule has 1 N–H and O–H groups in total. The van der Waals surface area contributed by atoms with Crippen molar-refractivity contribution in [1.82, 2.24) is 5.32 Å². The number of furan rings is 1. The lowest BCUT2D eigenvalue weighted by Crippen LogP contribution is -2.37. The Morgan fingerprint density at radius 2 is 2.12 bits per heavy atom. The van der Waals surface area contributed by atoms with Gasteiger partial charge >= 0.3 is 0 Å². The summed E-state index contributed by atoms with van der Waals surface area (Å²) in [5.41, 5.74) is 0. The fourth-order valence-electron chi connectivity index (χ4n) is 2.14. The second-order valence-electron chi connectivity index (χ2n) is 4.29. The normalized spacial score (nSPS) is 24.6. The number of rotatable bonds is 3. The lowest BCUT2D eigenvalue weighted by atomic mass is 9.95. The SMILES string of the molecule is CSC1CCC(NC(=O)c2ccc(Cl)o2)CC1. The van der Waals surface area contributed by atoms with Crippen LogP contribution in [0.15, 0.2) is 16.5 Å². The van der Waals surface area contributed by atoms with Gasteiger partial charge in [0.2, 0.25) is 0 Å². The van der Waals surface area contributed by atoms with Gasteiger partial charge in [0.25, 0.3) is 5.91 Å². The topological polar surface area (TPSA) is 42.2 Å². The molecule has 0 unspecified atom stereocenters. The highest BCUT2D eigenvalue weighted by molar-refractivity contribution is 7.99. The molecule has 1 aliphatic carbocycles. The van der Waals surface area contributed by atoms with Gasteiger partial charge in [0.15, 0.2) is 11.0 Å². The van der Waals surface area contributed by atoms with Crippen LogP contribution in [0.2, 0.25) is 5.22 Å². The van der Waals surface area contributed by atoms with Gasteiger partial charge < -0.3 is 9.73 Å². The van der Waals surface area contributed by atoms with Crippen LogP contribution >= 0.6 is 23.4 Å². The molecule has 0 atom stereocenters. The number of nitrogens with one attached hydrogen (secondary N) is 1. The molecule has 94 valence electrons. The molecule has 0 bridgehead atoms. The van der Waals surface area contributed by atoms with E-state index in [1.165, 1.54) is 12.8 Å². The van der Waals surface area contributed by atoms with Crippen molar-refractivity contribution in [3.8, 4) is 0 Å². The Morgan fingerprint density at radius 1 is 1.41 bits per heavy atom. The van der Waals surface area contributed by atoms with Crippen LogP contribution in [0, 0.1) is 0 Å². The molecule has 1 amide bonds. The van der Waals surface area contributed by atoms with Gasteiger partial charge in [-0.15, -0.1) is 0 Å². The van der Waals surface area contributed by atoms with E-state index in [2.05, 4.69) is 11.6 Å². The van der Waals surface area contributed by atoms with Gasteiger partial charge in [0.1, 0.15) is 0 Å². The first-order valence-corrected chi connectivity index (χ1v) is 7.44. The Morgan fingerprint density at radius 3 is 2.65 bits per heavy atom. The largest absolute Gasteiger partial charge is 0.440 e. The van der Waals surface area contributed by atoms with Crippen molar-refractivity contribution in [1.29, 1.82) is 0 Å². The number of hydrogen-bond donors (Lipinski definition) is 1. The summed E-state index contributed by atoms with van der Waals surface area (Å²) in [6.45, 7) is 0. The van der Waals surface area contributed by atoms with Gasteiger partial charge in [-0.2, -0.15) is 11.8 Å². The molecule has 0 spiro atoms. The average Bonchev–Trinajstić information content (AvgIpc) is 2.77. The van der Waals surface area contributed by atoms with Crippen molar-refractivity contribution in [3.05, 3.63) is 23.1 Å². The Balaban J connectivity index is 1.84. The van der Waals surface area contributed by atoms with Crippen LogP contribution < -0.4 is 5.32 Å². The van der Waals surface area contributed by atoms with Crippen molar-refractivity contribution in [3.63, 3.8) is 0 Å². The minimum Gasteiger partial charge on any atom is -0.440 e. The summed E-state index contributed by atoms with van der Waals surface area (Å²) in [5.74, 6) is 0.131. The highest BCUT2D eigenvalue weighted by Crippen LogP contribution is 2.27. The van der Waals surface area contributed by atoms with E-state index in [1.54, 1.807) is 12.1 Å². The van der Waals surface area contributed by atoms with Crippen LogP contribution in [0.4, 0.5) is 0 Å². The number of amides is 1. The Labute approximate surface area is 110 Å². The van der Waals surface area contributed by atoms with Crippen LogP contribution in [-0.4, -0.2) is 23.5 Å². The third-order valence-electron chi connectivity index (χ3n) is 3.14. The summed E-state index contributed by atoms with van der Waals surface area (Å²) in [6.07, 6.45) is 6.59. The van der Waals surface area contributed by atoms with Crippen LogP contribution in [0.1, 0.15) is 36.2 Å². The minimum atomic E-state index is -0.162. The molecule has 17 heavy (non-hydrogen) atoms. The molecule has 3 nitrogen and oxygen atoms in total. The molecule has 0 aromatic carbocycles. The number of halogens is 1. The lowest BCUT2D eigenvalue weighted by Gasteiger charge is -2.27. The van der Waals surface area contributed by atoms with Crippen LogP contribution in [0.5, 0.6) is 0 Å². The van der Waals surface area contributed by atoms with E-state index in [0.29, 0.717) is 5.76 Å². The van der Waals surface area contributed by atoms with Crippen molar-refractivity contribution >= 4 is 29.3 Å². The van der Waals surface area contributed by atoms with Crippen molar-refractivity contribution in [2.75, 3.05) is 6.26 Å². The van der Waals surface area contributed by atoms with E-state index in [1.807, 2.05) is 11.8 Å². The van der Waals surface area contributed by atoms with Crippen LogP contribution in [0.3, 0.4) is 0 Å². The van der Waals surface area contributed by atoms with Crippen LogP contribution in [-0.2, 0) is 0 Å². The summed E-state index contributed by atoms with van der Waals surface area (Å²) in [7, 11) is 0. The molecule has 2 rings (SSSR count). The van der Waals surface area contributed by atoms with E-state index in [0.717, 1.165) is 18.1 Å². The number of hydrogen-bond acceptors (Lipinski definition) is 3. The first-order chi connectivity index (χ1) is 8.19. The highest BCUT2D eigenvalue weighted by atomic mass is 35.5. The average molecular weight is 274 g/mol. The molecule has 0 aliphatic heterocycles. The molecular weight excluding hydrogens is 258 g/mol. The Hall–Kier alpha value is -0.610. The molecule has 0 radical (unpaired) electrons. The van der Waals surface area contributed by atoms with E-state index in [9.17, 15) is 4.79 Å². The maximum atomic E-state index is 11.8. The van der Waals surface area contributed by atoms with E-state index in [-0.39, 0.29) is 17.2 Å². The monoisotopic (exact) mass is 273 g/mol. The molecule has 1 heterocycles. The van der Waals surface area contributed by atoms with Crippen LogP contribution in [0.25, 0.3) is 0 Å². The van der Waals surface area contributed by atoms with Gasteiger partial charge in [0.05, 0.1) is 0 Å². The summed E-state index contributed by atoms with van der Waals surface area (Å²) in [4.78, 5) is 11.8. The predicted molar refractivity (Wildman–Crippen MR) is 70.7 cm³/mol. The summed E-state index contributed by atoms with van der Waals surface area (Å²) >= 11 is 7.55. The Kier molecular flexibility index (Phi) is 4.40. The van der Waals surface area contributed by atoms with Crippen molar-refractivity contribution < 1.29 is 9.21 Å². The minimum absolute atomic E-state index is 0.162. The fourth-order valence-corrected chi connectivity index (χ4v) is 3.03. The second-order valence-corrected chi connectivity index (χ2v) is 5.80. The molecular formula is C12H16ClNO2S. The summed E-state index contributed by atoms with van der Waals surface area (Å²) < 4.78 is 5.08. The molecule has 1 aromatic heterocycles. The second kappa shape index (κ2) is 5.83. The van der Waals surface area contributed by atoms with Gasteiger partial charge in [-0.25, -0.2) is 0 Å². The highest BCUT2D eigenvalue weighted by Gasteiger charge is 2.23. The molecule has 1 fully saturated rings. The first kappa shape index (κ1) is 12.8.